The third kappa shape index (κ3) is 30.7. The van der Waals surface area contributed by atoms with Crippen molar-refractivity contribution in [3.63, 3.8) is 0 Å². The van der Waals surface area contributed by atoms with Gasteiger partial charge in [-0.15, -0.1) is 0 Å². The number of unbranched alkanes of at least 4 members (excludes halogenated alkanes) is 20. The smallest absolute Gasteiger partial charge is 0.396 e. The molecule has 0 aliphatic carbocycles. The number of aliphatic hydroxyl groups excluding tert-OH is 3. The normalized spacial score (nSPS) is 13.1. The van der Waals surface area contributed by atoms with Gasteiger partial charge in [-0.25, -0.2) is 9.13 Å². The summed E-state index contributed by atoms with van der Waals surface area (Å²) >= 11 is 0. The fourth-order valence-electron chi connectivity index (χ4n) is 5.15. The lowest BCUT2D eigenvalue weighted by Crippen LogP contribution is -2.46. The highest BCUT2D eigenvalue weighted by Crippen LogP contribution is 2.53. The van der Waals surface area contributed by atoms with Crippen LogP contribution in [-0.2, 0) is 18.2 Å². The minimum atomic E-state index is -5.05. The number of rotatable bonds is 31. The monoisotopic (exact) mass is 678 g/mol. The Labute approximate surface area is 268 Å². The molecule has 13 heteroatoms. The fourth-order valence-corrected chi connectivity index (χ4v) is 6.25. The lowest BCUT2D eigenvalue weighted by molar-refractivity contribution is -0.117. The van der Waals surface area contributed by atoms with E-state index in [1.54, 1.807) is 0 Å². The molecule has 0 aromatic carbocycles. The lowest BCUT2D eigenvalue weighted by Gasteiger charge is -2.36. The number of aliphatic hydroxyl groups is 3. The van der Waals surface area contributed by atoms with E-state index in [2.05, 4.69) is 18.2 Å². The summed E-state index contributed by atoms with van der Waals surface area (Å²) in [6.07, 6.45) is 29.1. The van der Waals surface area contributed by atoms with Gasteiger partial charge < -0.3 is 39.6 Å². The zero-order valence-corrected chi connectivity index (χ0v) is 29.6. The molecule has 11 nitrogen and oxygen atoms in total. The Morgan fingerprint density at radius 2 is 0.795 bits per heavy atom. The van der Waals surface area contributed by atoms with Crippen LogP contribution < -0.4 is 0 Å². The van der Waals surface area contributed by atoms with Crippen LogP contribution >= 0.6 is 15.6 Å². The van der Waals surface area contributed by atoms with Gasteiger partial charge in [0.15, 0.2) is 0 Å². The van der Waals surface area contributed by atoms with Crippen LogP contribution in [-0.4, -0.2) is 67.4 Å². The molecule has 0 spiro atoms. The molecule has 7 N–H and O–H groups in total. The average Bonchev–Trinajstić information content (AvgIpc) is 2.95. The van der Waals surface area contributed by atoms with Crippen LogP contribution in [0.2, 0.25) is 0 Å². The molecular formula is C31H68O11P2. The predicted octanol–water partition coefficient (Wildman–Crippen LogP) is 7.54. The second kappa shape index (κ2) is 30.4. The summed E-state index contributed by atoms with van der Waals surface area (Å²) in [5, 5.41) is 29.7. The number of hydrogen-bond acceptors (Lipinski definition) is 7. The first-order chi connectivity index (χ1) is 20.9. The molecule has 0 saturated heterocycles. The first-order valence-corrected chi connectivity index (χ1v) is 20.2. The molecule has 0 heterocycles. The van der Waals surface area contributed by atoms with Gasteiger partial charge in [-0.3, -0.25) is 0 Å². The minimum absolute atomic E-state index is 0.235. The van der Waals surface area contributed by atoms with E-state index in [9.17, 15) is 24.4 Å². The van der Waals surface area contributed by atoms with Crippen molar-refractivity contribution in [1.29, 1.82) is 0 Å². The quantitative estimate of drug-likeness (QED) is 0.0283. The molecule has 0 rings (SSSR count). The summed E-state index contributed by atoms with van der Waals surface area (Å²) in [5.41, 5.74) is -0.934. The summed E-state index contributed by atoms with van der Waals surface area (Å²) in [4.78, 5) is 31.0. The molecule has 0 aliphatic heterocycles. The van der Waals surface area contributed by atoms with Crippen LogP contribution in [0.3, 0.4) is 0 Å². The van der Waals surface area contributed by atoms with Gasteiger partial charge >= 0.3 is 15.6 Å². The molecule has 0 radical (unpaired) electrons. The van der Waals surface area contributed by atoms with Gasteiger partial charge in [0.05, 0.1) is 31.3 Å². The Kier molecular flexibility index (Phi) is 32.0. The van der Waals surface area contributed by atoms with Crippen LogP contribution in [0.5, 0.6) is 0 Å². The molecule has 1 unspecified atom stereocenters. The zero-order chi connectivity index (χ0) is 33.6. The Bertz CT molecular complexity index is 668. The molecule has 0 bridgehead atoms. The maximum atomic E-state index is 9.92. The molecule has 1 atom stereocenters. The van der Waals surface area contributed by atoms with E-state index in [0.717, 1.165) is 25.7 Å². The van der Waals surface area contributed by atoms with Crippen molar-refractivity contribution >= 4 is 15.6 Å². The third-order valence-corrected chi connectivity index (χ3v) is 9.68. The molecule has 0 fully saturated rings. The van der Waals surface area contributed by atoms with Crippen molar-refractivity contribution in [2.75, 3.05) is 26.4 Å². The standard InChI is InChI=1S/C31H64O4.H4O7P2/c1-3-5-7-9-11-13-15-17-19-21-23-25-30(31(27-32,28-33)29-34)35-26-24-22-20-18-16-14-12-10-8-6-4-2;1-8(2,3)7-9(4,5)6/h30,32-34H,3-29H2,1-2H3;(H2,1,2,3)(H2,4,5,6). The highest BCUT2D eigenvalue weighted by Gasteiger charge is 2.38. The maximum absolute atomic E-state index is 9.92. The summed E-state index contributed by atoms with van der Waals surface area (Å²) in [6, 6.07) is 0. The molecular weight excluding hydrogens is 610 g/mol. The van der Waals surface area contributed by atoms with Gasteiger partial charge in [0.2, 0.25) is 0 Å². The topological polar surface area (TPSA) is 194 Å². The SMILES string of the molecule is CCCCCCCCCCCCCOC(CCCCCCCCCCCCC)C(CO)(CO)CO.O=P(O)(O)OP(=O)(O)O. The van der Waals surface area contributed by atoms with Crippen molar-refractivity contribution in [3.05, 3.63) is 0 Å². The van der Waals surface area contributed by atoms with Gasteiger partial charge in [0, 0.05) is 6.61 Å². The van der Waals surface area contributed by atoms with Crippen LogP contribution in [0.4, 0.5) is 0 Å². The van der Waals surface area contributed by atoms with Crippen LogP contribution in [0, 0.1) is 5.41 Å². The van der Waals surface area contributed by atoms with Crippen molar-refractivity contribution in [2.45, 2.75) is 168 Å². The van der Waals surface area contributed by atoms with E-state index in [4.69, 9.17) is 24.3 Å². The van der Waals surface area contributed by atoms with Gasteiger partial charge in [-0.2, -0.15) is 4.31 Å². The molecule has 0 amide bonds. The van der Waals surface area contributed by atoms with Crippen molar-refractivity contribution in [2.24, 2.45) is 5.41 Å². The van der Waals surface area contributed by atoms with E-state index < -0.39 is 21.1 Å². The predicted molar refractivity (Wildman–Crippen MR) is 176 cm³/mol. The number of phosphoric acid groups is 2. The zero-order valence-electron chi connectivity index (χ0n) is 27.8. The van der Waals surface area contributed by atoms with Crippen LogP contribution in [0.25, 0.3) is 0 Å². The van der Waals surface area contributed by atoms with Crippen molar-refractivity contribution in [1.82, 2.24) is 0 Å². The first kappa shape index (κ1) is 46.2. The van der Waals surface area contributed by atoms with E-state index in [-0.39, 0.29) is 25.9 Å². The molecule has 268 valence electrons. The van der Waals surface area contributed by atoms with Gasteiger partial charge in [0.1, 0.15) is 0 Å². The van der Waals surface area contributed by atoms with Crippen LogP contribution in [0.15, 0.2) is 0 Å². The summed E-state index contributed by atoms with van der Waals surface area (Å²) in [6.45, 7) is 4.48. The molecule has 0 aliphatic rings. The Balaban J connectivity index is 0. The molecule has 0 aromatic heterocycles. The van der Waals surface area contributed by atoms with Gasteiger partial charge in [-0.05, 0) is 12.8 Å². The van der Waals surface area contributed by atoms with E-state index in [1.165, 1.54) is 122 Å². The Hall–Kier alpha value is 0.100. The average molecular weight is 679 g/mol. The van der Waals surface area contributed by atoms with Crippen molar-refractivity contribution < 1.29 is 53.1 Å². The molecule has 44 heavy (non-hydrogen) atoms. The first-order valence-electron chi connectivity index (χ1n) is 17.2. The largest absolute Gasteiger partial charge is 0.478 e. The third-order valence-electron chi connectivity index (χ3n) is 7.98. The van der Waals surface area contributed by atoms with Crippen molar-refractivity contribution in [3.8, 4) is 0 Å². The Morgan fingerprint density at radius 3 is 1.07 bits per heavy atom. The number of hydrogen-bond donors (Lipinski definition) is 7. The number of ether oxygens (including phenoxy) is 1. The Morgan fingerprint density at radius 1 is 0.500 bits per heavy atom. The van der Waals surface area contributed by atoms with Gasteiger partial charge in [0.25, 0.3) is 0 Å². The lowest BCUT2D eigenvalue weighted by atomic mass is 9.81. The summed E-state index contributed by atoms with van der Waals surface area (Å²) < 4.78 is 28.4. The fraction of sp³-hybridized carbons (Fsp3) is 1.00. The second-order valence-corrected chi connectivity index (χ2v) is 14.7. The van der Waals surface area contributed by atoms with E-state index in [1.807, 2.05) is 0 Å². The minimum Gasteiger partial charge on any atom is -0.396 e. The van der Waals surface area contributed by atoms with E-state index in [0.29, 0.717) is 6.61 Å². The highest BCUT2D eigenvalue weighted by molar-refractivity contribution is 7.60. The highest BCUT2D eigenvalue weighted by atomic mass is 31.3. The van der Waals surface area contributed by atoms with Crippen LogP contribution in [0.1, 0.15) is 162 Å². The van der Waals surface area contributed by atoms with E-state index >= 15 is 0 Å². The molecule has 0 saturated carbocycles. The summed E-state index contributed by atoms with van der Waals surface area (Å²) in [7, 11) is -10.1. The summed E-state index contributed by atoms with van der Waals surface area (Å²) in [5.74, 6) is 0. The molecule has 0 aromatic rings. The second-order valence-electron chi connectivity index (χ2n) is 12.1. The van der Waals surface area contributed by atoms with Gasteiger partial charge in [-0.1, -0.05) is 149 Å². The maximum Gasteiger partial charge on any atom is 0.478 e.